The van der Waals surface area contributed by atoms with Crippen molar-refractivity contribution in [3.63, 3.8) is 0 Å². The Bertz CT molecular complexity index is 351. The average molecular weight is 240 g/mol. The molecule has 0 aliphatic heterocycles. The Morgan fingerprint density at radius 2 is 2.41 bits per heavy atom. The monoisotopic (exact) mass is 240 g/mol. The fourth-order valence-corrected chi connectivity index (χ4v) is 1.53. The van der Waals surface area contributed by atoms with Crippen molar-refractivity contribution in [2.75, 3.05) is 7.11 Å². The van der Waals surface area contributed by atoms with Gasteiger partial charge in [0.15, 0.2) is 5.82 Å². The second-order valence-corrected chi connectivity index (χ2v) is 3.93. The van der Waals surface area contributed by atoms with Gasteiger partial charge in [-0.25, -0.2) is 4.98 Å². The van der Waals surface area contributed by atoms with Crippen molar-refractivity contribution >= 4 is 5.97 Å². The van der Waals surface area contributed by atoms with E-state index in [9.17, 15) is 4.79 Å². The van der Waals surface area contributed by atoms with Gasteiger partial charge in [0, 0.05) is 7.05 Å². The van der Waals surface area contributed by atoms with Crippen LogP contribution in [-0.2, 0) is 23.1 Å². The number of nitrogens with one attached hydrogen (secondary N) is 1. The van der Waals surface area contributed by atoms with E-state index in [1.54, 1.807) is 11.0 Å². The summed E-state index contributed by atoms with van der Waals surface area (Å²) in [5.41, 5.74) is 0. The van der Waals surface area contributed by atoms with Crippen LogP contribution < -0.4 is 5.32 Å². The molecule has 0 saturated heterocycles. The molecule has 0 aliphatic rings. The standard InChI is InChI=1S/C11H20N4O2/c1-4-5-6-9(11(16)17-3)12-7-10-13-8-15(2)14-10/h8-9,12H,4-7H2,1-3H3. The number of carbonyl (C=O) groups excluding carboxylic acids is 1. The number of nitrogens with zero attached hydrogens (tertiary/aromatic N) is 3. The van der Waals surface area contributed by atoms with Crippen molar-refractivity contribution in [1.82, 2.24) is 20.1 Å². The Morgan fingerprint density at radius 1 is 1.65 bits per heavy atom. The molecule has 0 radical (unpaired) electrons. The van der Waals surface area contributed by atoms with Gasteiger partial charge in [0.2, 0.25) is 0 Å². The number of methoxy groups -OCH3 is 1. The summed E-state index contributed by atoms with van der Waals surface area (Å²) in [7, 11) is 3.22. The van der Waals surface area contributed by atoms with Gasteiger partial charge in [-0.05, 0) is 6.42 Å². The Labute approximate surface area is 101 Å². The third-order valence-electron chi connectivity index (χ3n) is 2.49. The smallest absolute Gasteiger partial charge is 0.322 e. The molecule has 0 fully saturated rings. The second kappa shape index (κ2) is 7.01. The topological polar surface area (TPSA) is 69.0 Å². The van der Waals surface area contributed by atoms with Crippen LogP contribution in [0.4, 0.5) is 0 Å². The fraction of sp³-hybridized carbons (Fsp3) is 0.727. The van der Waals surface area contributed by atoms with Crippen LogP contribution >= 0.6 is 0 Å². The van der Waals surface area contributed by atoms with Crippen LogP contribution in [-0.4, -0.2) is 33.9 Å². The zero-order chi connectivity index (χ0) is 12.7. The minimum absolute atomic E-state index is 0.227. The molecular weight excluding hydrogens is 220 g/mol. The Morgan fingerprint density at radius 3 is 2.94 bits per heavy atom. The van der Waals surface area contributed by atoms with Gasteiger partial charge in [-0.1, -0.05) is 19.8 Å². The van der Waals surface area contributed by atoms with E-state index in [4.69, 9.17) is 4.74 Å². The molecule has 1 unspecified atom stereocenters. The lowest BCUT2D eigenvalue weighted by molar-refractivity contribution is -0.143. The quantitative estimate of drug-likeness (QED) is 0.708. The number of aromatic nitrogens is 3. The maximum Gasteiger partial charge on any atom is 0.322 e. The lowest BCUT2D eigenvalue weighted by Crippen LogP contribution is -2.37. The molecule has 17 heavy (non-hydrogen) atoms. The molecule has 0 aromatic carbocycles. The van der Waals surface area contributed by atoms with Crippen molar-refractivity contribution in [2.45, 2.75) is 38.8 Å². The third-order valence-corrected chi connectivity index (χ3v) is 2.49. The fourth-order valence-electron chi connectivity index (χ4n) is 1.53. The maximum absolute atomic E-state index is 11.5. The SMILES string of the molecule is CCCCC(NCc1ncn(C)n1)C(=O)OC. The highest BCUT2D eigenvalue weighted by Crippen LogP contribution is 2.03. The van der Waals surface area contributed by atoms with Crippen LogP contribution in [0.5, 0.6) is 0 Å². The minimum Gasteiger partial charge on any atom is -0.468 e. The zero-order valence-electron chi connectivity index (χ0n) is 10.6. The number of aryl methyl sites for hydroxylation is 1. The van der Waals surface area contributed by atoms with E-state index >= 15 is 0 Å². The number of unbranched alkanes of at least 4 members (excludes halogenated alkanes) is 1. The summed E-state index contributed by atoms with van der Waals surface area (Å²) in [6.45, 7) is 2.57. The lowest BCUT2D eigenvalue weighted by Gasteiger charge is -2.14. The van der Waals surface area contributed by atoms with Gasteiger partial charge in [-0.2, -0.15) is 5.10 Å². The number of carbonyl (C=O) groups is 1. The summed E-state index contributed by atoms with van der Waals surface area (Å²) in [6.07, 6.45) is 4.45. The molecule has 0 bridgehead atoms. The molecule has 0 spiro atoms. The molecule has 1 aromatic heterocycles. The van der Waals surface area contributed by atoms with Crippen molar-refractivity contribution < 1.29 is 9.53 Å². The van der Waals surface area contributed by atoms with Crippen LogP contribution in [0.25, 0.3) is 0 Å². The first kappa shape index (κ1) is 13.6. The van der Waals surface area contributed by atoms with Crippen LogP contribution in [0.15, 0.2) is 6.33 Å². The first-order valence-electron chi connectivity index (χ1n) is 5.83. The highest BCUT2D eigenvalue weighted by Gasteiger charge is 2.18. The Balaban J connectivity index is 2.45. The summed E-state index contributed by atoms with van der Waals surface area (Å²) in [5, 5.41) is 7.26. The molecule has 1 aromatic rings. The summed E-state index contributed by atoms with van der Waals surface area (Å²) < 4.78 is 6.39. The highest BCUT2D eigenvalue weighted by atomic mass is 16.5. The van der Waals surface area contributed by atoms with E-state index in [0.717, 1.165) is 19.3 Å². The molecule has 0 saturated carbocycles. The second-order valence-electron chi connectivity index (χ2n) is 3.93. The molecule has 96 valence electrons. The van der Waals surface area contributed by atoms with Gasteiger partial charge in [-0.15, -0.1) is 0 Å². The number of ether oxygens (including phenoxy) is 1. The number of hydrogen-bond donors (Lipinski definition) is 1. The summed E-state index contributed by atoms with van der Waals surface area (Å²) in [4.78, 5) is 15.6. The van der Waals surface area contributed by atoms with Crippen molar-refractivity contribution in [1.29, 1.82) is 0 Å². The zero-order valence-corrected chi connectivity index (χ0v) is 10.6. The molecule has 6 nitrogen and oxygen atoms in total. The van der Waals surface area contributed by atoms with E-state index in [-0.39, 0.29) is 12.0 Å². The predicted molar refractivity (Wildman–Crippen MR) is 63.2 cm³/mol. The largest absolute Gasteiger partial charge is 0.468 e. The van der Waals surface area contributed by atoms with Gasteiger partial charge >= 0.3 is 5.97 Å². The number of rotatable bonds is 7. The first-order valence-corrected chi connectivity index (χ1v) is 5.83. The number of esters is 1. The summed E-state index contributed by atoms with van der Waals surface area (Å²) in [5.74, 6) is 0.451. The number of hydrogen-bond acceptors (Lipinski definition) is 5. The minimum atomic E-state index is -0.274. The molecule has 1 heterocycles. The maximum atomic E-state index is 11.5. The van der Waals surface area contributed by atoms with Gasteiger partial charge in [0.25, 0.3) is 0 Å². The van der Waals surface area contributed by atoms with E-state index in [0.29, 0.717) is 12.4 Å². The van der Waals surface area contributed by atoms with Crippen LogP contribution in [0, 0.1) is 0 Å². The molecule has 1 rings (SSSR count). The predicted octanol–water partition coefficient (Wildman–Crippen LogP) is 0.636. The summed E-state index contributed by atoms with van der Waals surface area (Å²) >= 11 is 0. The normalized spacial score (nSPS) is 12.4. The molecule has 6 heteroatoms. The van der Waals surface area contributed by atoms with E-state index in [1.165, 1.54) is 7.11 Å². The Kier molecular flexibility index (Phi) is 5.62. The molecule has 0 amide bonds. The van der Waals surface area contributed by atoms with E-state index < -0.39 is 0 Å². The van der Waals surface area contributed by atoms with Crippen molar-refractivity contribution in [3.05, 3.63) is 12.2 Å². The van der Waals surface area contributed by atoms with Gasteiger partial charge < -0.3 is 4.74 Å². The van der Waals surface area contributed by atoms with Crippen LogP contribution in [0.1, 0.15) is 32.0 Å². The molecule has 1 atom stereocenters. The lowest BCUT2D eigenvalue weighted by atomic mass is 10.1. The highest BCUT2D eigenvalue weighted by molar-refractivity contribution is 5.75. The molecule has 0 aliphatic carbocycles. The first-order chi connectivity index (χ1) is 8.17. The molecular formula is C11H20N4O2. The van der Waals surface area contributed by atoms with Gasteiger partial charge in [0.1, 0.15) is 12.4 Å². The van der Waals surface area contributed by atoms with Crippen LogP contribution in [0.3, 0.4) is 0 Å². The Hall–Kier alpha value is -1.43. The van der Waals surface area contributed by atoms with Crippen LogP contribution in [0.2, 0.25) is 0 Å². The van der Waals surface area contributed by atoms with Crippen molar-refractivity contribution in [3.8, 4) is 0 Å². The van der Waals surface area contributed by atoms with Crippen molar-refractivity contribution in [2.24, 2.45) is 7.05 Å². The third kappa shape index (κ3) is 4.52. The van der Waals surface area contributed by atoms with E-state index in [2.05, 4.69) is 22.3 Å². The van der Waals surface area contributed by atoms with Gasteiger partial charge in [0.05, 0.1) is 13.7 Å². The van der Waals surface area contributed by atoms with Gasteiger partial charge in [-0.3, -0.25) is 14.8 Å². The molecule has 1 N–H and O–H groups in total. The summed E-state index contributed by atoms with van der Waals surface area (Å²) in [6, 6.07) is -0.274. The average Bonchev–Trinajstić information content (AvgIpc) is 2.74. The van der Waals surface area contributed by atoms with E-state index in [1.807, 2.05) is 7.05 Å².